The summed E-state index contributed by atoms with van der Waals surface area (Å²) in [5.74, 6) is 0.211. The number of nitrogens with zero attached hydrogens (tertiary/aromatic N) is 1. The SMILES string of the molecule is O=[N+]([O-])c1ccc([C@@H]2C[NH2+][C@H](c3ccccc3O)O2)cc1. The summed E-state index contributed by atoms with van der Waals surface area (Å²) < 4.78 is 5.93. The number of rotatable bonds is 3. The molecule has 2 aromatic carbocycles. The lowest BCUT2D eigenvalue weighted by Gasteiger charge is -2.10. The van der Waals surface area contributed by atoms with Crippen LogP contribution in [-0.4, -0.2) is 16.6 Å². The molecule has 0 bridgehead atoms. The number of hydrogen-bond donors (Lipinski definition) is 2. The van der Waals surface area contributed by atoms with Crippen LogP contribution in [0.5, 0.6) is 5.75 Å². The number of phenolic OH excluding ortho intramolecular Hbond substituents is 1. The molecule has 0 radical (unpaired) electrons. The van der Waals surface area contributed by atoms with Crippen LogP contribution >= 0.6 is 0 Å². The molecular formula is C15H15N2O4+. The maximum Gasteiger partial charge on any atom is 0.269 e. The van der Waals surface area contributed by atoms with E-state index in [4.69, 9.17) is 4.74 Å². The minimum atomic E-state index is -0.420. The van der Waals surface area contributed by atoms with Gasteiger partial charge >= 0.3 is 0 Å². The minimum absolute atomic E-state index is 0.0676. The average Bonchev–Trinajstić information content (AvgIpc) is 2.97. The number of aromatic hydroxyl groups is 1. The number of phenols is 1. The normalized spacial score (nSPS) is 21.3. The van der Waals surface area contributed by atoms with Gasteiger partial charge in [0.05, 0.1) is 10.5 Å². The Labute approximate surface area is 121 Å². The second kappa shape index (κ2) is 5.51. The molecule has 2 atom stereocenters. The maximum atomic E-state index is 10.6. The Hall–Kier alpha value is -2.44. The molecule has 3 rings (SSSR count). The Kier molecular flexibility index (Phi) is 3.55. The Morgan fingerprint density at radius 3 is 2.57 bits per heavy atom. The van der Waals surface area contributed by atoms with Crippen LogP contribution in [0, 0.1) is 10.1 Å². The molecule has 1 aliphatic rings. The minimum Gasteiger partial charge on any atom is -0.507 e. The molecule has 6 nitrogen and oxygen atoms in total. The van der Waals surface area contributed by atoms with Gasteiger partial charge in [0.25, 0.3) is 5.69 Å². The second-order valence-electron chi connectivity index (χ2n) is 4.92. The van der Waals surface area contributed by atoms with Gasteiger partial charge in [-0.05, 0) is 29.8 Å². The molecule has 1 heterocycles. The van der Waals surface area contributed by atoms with Crippen LogP contribution in [0.1, 0.15) is 23.5 Å². The Bertz CT molecular complexity index is 657. The number of hydrogen-bond acceptors (Lipinski definition) is 4. The van der Waals surface area contributed by atoms with Crippen LogP contribution in [0.3, 0.4) is 0 Å². The lowest BCUT2D eigenvalue weighted by molar-refractivity contribution is -0.698. The summed E-state index contributed by atoms with van der Waals surface area (Å²) in [6, 6.07) is 13.5. The molecular weight excluding hydrogens is 272 g/mol. The quantitative estimate of drug-likeness (QED) is 0.663. The molecule has 2 aromatic rings. The van der Waals surface area contributed by atoms with E-state index in [1.807, 2.05) is 17.4 Å². The van der Waals surface area contributed by atoms with Crippen molar-refractivity contribution < 1.29 is 20.1 Å². The highest BCUT2D eigenvalue weighted by molar-refractivity contribution is 5.35. The zero-order chi connectivity index (χ0) is 14.8. The van der Waals surface area contributed by atoms with Crippen molar-refractivity contribution in [1.29, 1.82) is 0 Å². The van der Waals surface area contributed by atoms with E-state index in [9.17, 15) is 15.2 Å². The lowest BCUT2D eigenvalue weighted by atomic mass is 10.1. The first kappa shape index (κ1) is 13.5. The van der Waals surface area contributed by atoms with Gasteiger partial charge in [-0.3, -0.25) is 10.1 Å². The van der Waals surface area contributed by atoms with Gasteiger partial charge in [0.15, 0.2) is 0 Å². The summed E-state index contributed by atoms with van der Waals surface area (Å²) in [5.41, 5.74) is 1.70. The molecule has 0 spiro atoms. The number of ether oxygens (including phenoxy) is 1. The topological polar surface area (TPSA) is 89.2 Å². The molecule has 108 valence electrons. The Balaban J connectivity index is 1.75. The van der Waals surface area contributed by atoms with Crippen molar-refractivity contribution in [2.45, 2.75) is 12.3 Å². The van der Waals surface area contributed by atoms with Crippen LogP contribution < -0.4 is 5.32 Å². The zero-order valence-corrected chi connectivity index (χ0v) is 11.2. The van der Waals surface area contributed by atoms with E-state index in [1.54, 1.807) is 24.3 Å². The highest BCUT2D eigenvalue weighted by Crippen LogP contribution is 2.30. The smallest absolute Gasteiger partial charge is 0.269 e. The molecule has 1 aliphatic heterocycles. The van der Waals surface area contributed by atoms with Gasteiger partial charge in [0.2, 0.25) is 6.23 Å². The summed E-state index contributed by atoms with van der Waals surface area (Å²) in [6.45, 7) is 0.705. The van der Waals surface area contributed by atoms with Crippen molar-refractivity contribution in [3.05, 3.63) is 69.8 Å². The summed E-state index contributed by atoms with van der Waals surface area (Å²) in [6.07, 6.45) is -0.401. The first-order valence-corrected chi connectivity index (χ1v) is 6.66. The number of non-ortho nitro benzene ring substituents is 1. The summed E-state index contributed by atoms with van der Waals surface area (Å²) in [5, 5.41) is 22.5. The van der Waals surface area contributed by atoms with Crippen molar-refractivity contribution >= 4 is 5.69 Å². The molecule has 0 amide bonds. The maximum absolute atomic E-state index is 10.6. The van der Waals surface area contributed by atoms with Crippen LogP contribution in [0.4, 0.5) is 5.69 Å². The van der Waals surface area contributed by atoms with Crippen molar-refractivity contribution in [2.75, 3.05) is 6.54 Å². The van der Waals surface area contributed by atoms with E-state index in [1.165, 1.54) is 12.1 Å². The third-order valence-electron chi connectivity index (χ3n) is 3.59. The second-order valence-corrected chi connectivity index (χ2v) is 4.92. The summed E-state index contributed by atoms with van der Waals surface area (Å²) in [4.78, 5) is 10.2. The van der Waals surface area contributed by atoms with Crippen molar-refractivity contribution in [2.24, 2.45) is 0 Å². The number of nitro groups is 1. The molecule has 0 unspecified atom stereocenters. The third-order valence-corrected chi connectivity index (χ3v) is 3.59. The van der Waals surface area contributed by atoms with E-state index < -0.39 is 4.92 Å². The van der Waals surface area contributed by atoms with Crippen LogP contribution in [0.25, 0.3) is 0 Å². The fourth-order valence-electron chi connectivity index (χ4n) is 2.49. The van der Waals surface area contributed by atoms with E-state index >= 15 is 0 Å². The standard InChI is InChI=1S/C15H14N2O4/c18-13-4-2-1-3-12(13)15-16-9-14(21-15)10-5-7-11(8-6-10)17(19)20/h1-8,14-16,18H,9H2/p+1/t14-,15-/m0/s1. The summed E-state index contributed by atoms with van der Waals surface area (Å²) >= 11 is 0. The van der Waals surface area contributed by atoms with Gasteiger partial charge in [-0.1, -0.05) is 12.1 Å². The van der Waals surface area contributed by atoms with E-state index in [-0.39, 0.29) is 23.8 Å². The first-order valence-electron chi connectivity index (χ1n) is 6.66. The number of benzene rings is 2. The molecule has 1 fully saturated rings. The summed E-state index contributed by atoms with van der Waals surface area (Å²) in [7, 11) is 0. The fraction of sp³-hybridized carbons (Fsp3) is 0.200. The molecule has 1 saturated heterocycles. The average molecular weight is 287 g/mol. The molecule has 0 aromatic heterocycles. The van der Waals surface area contributed by atoms with E-state index in [2.05, 4.69) is 0 Å². The predicted octanol–water partition coefficient (Wildman–Crippen LogP) is 1.63. The van der Waals surface area contributed by atoms with Gasteiger partial charge in [-0.15, -0.1) is 0 Å². The Morgan fingerprint density at radius 2 is 1.90 bits per heavy atom. The van der Waals surface area contributed by atoms with Crippen LogP contribution in [-0.2, 0) is 4.74 Å². The number of para-hydroxylation sites is 1. The highest BCUT2D eigenvalue weighted by Gasteiger charge is 2.32. The molecule has 0 saturated carbocycles. The highest BCUT2D eigenvalue weighted by atomic mass is 16.6. The molecule has 3 N–H and O–H groups in total. The third kappa shape index (κ3) is 2.72. The van der Waals surface area contributed by atoms with Crippen molar-refractivity contribution in [3.8, 4) is 5.75 Å². The zero-order valence-electron chi connectivity index (χ0n) is 11.2. The largest absolute Gasteiger partial charge is 0.507 e. The van der Waals surface area contributed by atoms with Gasteiger partial charge in [-0.2, -0.15) is 0 Å². The monoisotopic (exact) mass is 287 g/mol. The Morgan fingerprint density at radius 1 is 1.19 bits per heavy atom. The van der Waals surface area contributed by atoms with Gasteiger partial charge in [-0.25, -0.2) is 0 Å². The van der Waals surface area contributed by atoms with E-state index in [0.29, 0.717) is 6.54 Å². The first-order chi connectivity index (χ1) is 10.1. The molecule has 6 heteroatoms. The van der Waals surface area contributed by atoms with Gasteiger partial charge in [0.1, 0.15) is 18.4 Å². The number of quaternary nitrogens is 1. The lowest BCUT2D eigenvalue weighted by Crippen LogP contribution is -2.82. The molecule has 0 aliphatic carbocycles. The van der Waals surface area contributed by atoms with Crippen molar-refractivity contribution in [1.82, 2.24) is 0 Å². The van der Waals surface area contributed by atoms with Crippen LogP contribution in [0.15, 0.2) is 48.5 Å². The molecule has 21 heavy (non-hydrogen) atoms. The van der Waals surface area contributed by atoms with E-state index in [0.717, 1.165) is 11.1 Å². The van der Waals surface area contributed by atoms with Crippen LogP contribution in [0.2, 0.25) is 0 Å². The van der Waals surface area contributed by atoms with Gasteiger partial charge in [0, 0.05) is 12.1 Å². The van der Waals surface area contributed by atoms with Gasteiger partial charge < -0.3 is 15.2 Å². The number of nitro benzene ring substituents is 1. The predicted molar refractivity (Wildman–Crippen MR) is 74.6 cm³/mol. The fourth-order valence-corrected chi connectivity index (χ4v) is 2.49. The number of nitrogens with two attached hydrogens (primary N) is 1. The van der Waals surface area contributed by atoms with Crippen molar-refractivity contribution in [3.63, 3.8) is 0 Å².